The van der Waals surface area contributed by atoms with Gasteiger partial charge in [0.15, 0.2) is 0 Å². The molecule has 12 heavy (non-hydrogen) atoms. The van der Waals surface area contributed by atoms with E-state index in [0.29, 0.717) is 0 Å². The number of nitrogens with zero attached hydrogens (tertiary/aromatic N) is 1. The van der Waals surface area contributed by atoms with Crippen molar-refractivity contribution in [3.63, 3.8) is 0 Å². The highest BCUT2D eigenvalue weighted by molar-refractivity contribution is 4.80. The van der Waals surface area contributed by atoms with Gasteiger partial charge in [-0.3, -0.25) is 0 Å². The van der Waals surface area contributed by atoms with Crippen LogP contribution in [0.15, 0.2) is 0 Å². The highest BCUT2D eigenvalue weighted by atomic mass is 15.1. The van der Waals surface area contributed by atoms with Crippen LogP contribution in [-0.2, 0) is 0 Å². The van der Waals surface area contributed by atoms with Crippen LogP contribution in [0.3, 0.4) is 0 Å². The maximum Gasteiger partial charge on any atom is 0.0195 e. The number of piperidine rings is 1. The maximum atomic E-state index is 3.38. The van der Waals surface area contributed by atoms with Crippen LogP contribution in [0.2, 0.25) is 0 Å². The zero-order valence-electron chi connectivity index (χ0n) is 8.64. The lowest BCUT2D eigenvalue weighted by atomic mass is 9.91. The Morgan fingerprint density at radius 1 is 1.42 bits per heavy atom. The summed E-state index contributed by atoms with van der Waals surface area (Å²) in [6.07, 6.45) is 4.09. The lowest BCUT2D eigenvalue weighted by Crippen LogP contribution is -2.46. The van der Waals surface area contributed by atoms with E-state index in [1.165, 1.54) is 32.4 Å². The van der Waals surface area contributed by atoms with Gasteiger partial charge in [-0.2, -0.15) is 0 Å². The molecule has 2 unspecified atom stereocenters. The van der Waals surface area contributed by atoms with E-state index < -0.39 is 0 Å². The van der Waals surface area contributed by atoms with Crippen molar-refractivity contribution in [3.05, 3.63) is 0 Å². The number of nitrogens with one attached hydrogen (secondary N) is 1. The Hall–Kier alpha value is -0.0800. The van der Waals surface area contributed by atoms with Crippen LogP contribution in [0.5, 0.6) is 0 Å². The monoisotopic (exact) mass is 170 g/mol. The number of likely N-dealkylation sites (tertiary alicyclic amines) is 1. The smallest absolute Gasteiger partial charge is 0.0195 e. The number of rotatable bonds is 3. The van der Waals surface area contributed by atoms with Crippen molar-refractivity contribution in [1.82, 2.24) is 10.2 Å². The van der Waals surface area contributed by atoms with Crippen molar-refractivity contribution in [2.75, 3.05) is 27.2 Å². The van der Waals surface area contributed by atoms with E-state index >= 15 is 0 Å². The molecule has 0 aromatic rings. The number of hydrogen-bond donors (Lipinski definition) is 1. The first kappa shape index (κ1) is 10.0. The molecule has 1 aliphatic rings. The fourth-order valence-electron chi connectivity index (χ4n) is 2.27. The van der Waals surface area contributed by atoms with E-state index in [9.17, 15) is 0 Å². The summed E-state index contributed by atoms with van der Waals surface area (Å²) in [5.41, 5.74) is 0. The molecular formula is C10H22N2. The lowest BCUT2D eigenvalue weighted by molar-refractivity contribution is 0.167. The molecule has 2 atom stereocenters. The Morgan fingerprint density at radius 2 is 2.17 bits per heavy atom. The van der Waals surface area contributed by atoms with E-state index in [0.717, 1.165) is 12.0 Å². The van der Waals surface area contributed by atoms with Gasteiger partial charge < -0.3 is 10.2 Å². The molecule has 1 aliphatic heterocycles. The van der Waals surface area contributed by atoms with Crippen LogP contribution in [0.4, 0.5) is 0 Å². The van der Waals surface area contributed by atoms with Gasteiger partial charge >= 0.3 is 0 Å². The molecule has 1 saturated heterocycles. The van der Waals surface area contributed by atoms with Crippen LogP contribution in [0, 0.1) is 5.92 Å². The van der Waals surface area contributed by atoms with Crippen LogP contribution in [0.25, 0.3) is 0 Å². The van der Waals surface area contributed by atoms with Crippen molar-refractivity contribution in [2.24, 2.45) is 5.92 Å². The molecule has 0 saturated carbocycles. The minimum atomic E-state index is 0.722. The summed E-state index contributed by atoms with van der Waals surface area (Å²) in [6, 6.07) is 0.722. The second-order valence-corrected chi connectivity index (χ2v) is 4.10. The van der Waals surface area contributed by atoms with E-state index in [2.05, 4.69) is 31.2 Å². The van der Waals surface area contributed by atoms with Crippen molar-refractivity contribution in [2.45, 2.75) is 32.2 Å². The van der Waals surface area contributed by atoms with Crippen molar-refractivity contribution >= 4 is 0 Å². The second kappa shape index (κ2) is 4.83. The molecular weight excluding hydrogens is 148 g/mol. The van der Waals surface area contributed by atoms with E-state index in [1.807, 2.05) is 0 Å². The Morgan fingerprint density at radius 3 is 2.75 bits per heavy atom. The standard InChI is InChI=1S/C10H22N2/c1-4-5-9-6-10(11-2)8-12(3)7-9/h9-11H,4-8H2,1-3H3. The molecule has 2 heteroatoms. The Balaban J connectivity index is 2.34. The van der Waals surface area contributed by atoms with Crippen LogP contribution in [0.1, 0.15) is 26.2 Å². The fourth-order valence-corrected chi connectivity index (χ4v) is 2.27. The van der Waals surface area contributed by atoms with Crippen LogP contribution < -0.4 is 5.32 Å². The first-order valence-electron chi connectivity index (χ1n) is 5.12. The Bertz CT molecular complexity index is 125. The highest BCUT2D eigenvalue weighted by Crippen LogP contribution is 2.19. The summed E-state index contributed by atoms with van der Waals surface area (Å²) in [4.78, 5) is 2.45. The van der Waals surface area contributed by atoms with Gasteiger partial charge in [-0.1, -0.05) is 13.3 Å². The van der Waals surface area contributed by atoms with Gasteiger partial charge in [-0.25, -0.2) is 0 Å². The van der Waals surface area contributed by atoms with Gasteiger partial charge in [0.1, 0.15) is 0 Å². The van der Waals surface area contributed by atoms with E-state index in [-0.39, 0.29) is 0 Å². The zero-order valence-corrected chi connectivity index (χ0v) is 8.64. The molecule has 0 radical (unpaired) electrons. The average molecular weight is 170 g/mol. The number of likely N-dealkylation sites (N-methyl/N-ethyl adjacent to an activating group) is 2. The first-order chi connectivity index (χ1) is 5.76. The molecule has 2 nitrogen and oxygen atoms in total. The normalized spacial score (nSPS) is 32.2. The predicted octanol–water partition coefficient (Wildman–Crippen LogP) is 1.33. The highest BCUT2D eigenvalue weighted by Gasteiger charge is 2.22. The molecule has 1 fully saturated rings. The lowest BCUT2D eigenvalue weighted by Gasteiger charge is -2.35. The zero-order chi connectivity index (χ0) is 8.97. The Kier molecular flexibility index (Phi) is 4.02. The minimum absolute atomic E-state index is 0.722. The average Bonchev–Trinajstić information content (AvgIpc) is 2.04. The molecule has 0 bridgehead atoms. The topological polar surface area (TPSA) is 15.3 Å². The largest absolute Gasteiger partial charge is 0.316 e. The molecule has 1 N–H and O–H groups in total. The molecule has 0 aromatic heterocycles. The van der Waals surface area contributed by atoms with Gasteiger partial charge in [0, 0.05) is 19.1 Å². The summed E-state index contributed by atoms with van der Waals surface area (Å²) >= 11 is 0. The van der Waals surface area contributed by atoms with Gasteiger partial charge in [0.2, 0.25) is 0 Å². The van der Waals surface area contributed by atoms with Crippen molar-refractivity contribution < 1.29 is 0 Å². The fraction of sp³-hybridized carbons (Fsp3) is 1.00. The molecule has 0 aliphatic carbocycles. The van der Waals surface area contributed by atoms with Crippen molar-refractivity contribution in [3.8, 4) is 0 Å². The quantitative estimate of drug-likeness (QED) is 0.687. The molecule has 72 valence electrons. The predicted molar refractivity (Wildman–Crippen MR) is 53.4 cm³/mol. The first-order valence-corrected chi connectivity index (χ1v) is 5.12. The summed E-state index contributed by atoms with van der Waals surface area (Å²) in [7, 11) is 4.30. The summed E-state index contributed by atoms with van der Waals surface area (Å²) in [6.45, 7) is 4.80. The van der Waals surface area contributed by atoms with Gasteiger partial charge in [0.25, 0.3) is 0 Å². The van der Waals surface area contributed by atoms with E-state index in [1.54, 1.807) is 0 Å². The summed E-state index contributed by atoms with van der Waals surface area (Å²) in [5, 5.41) is 3.38. The third-order valence-electron chi connectivity index (χ3n) is 2.82. The van der Waals surface area contributed by atoms with Crippen LogP contribution >= 0.6 is 0 Å². The summed E-state index contributed by atoms with van der Waals surface area (Å²) < 4.78 is 0. The maximum absolute atomic E-state index is 3.38. The molecule has 1 heterocycles. The molecule has 0 amide bonds. The van der Waals surface area contributed by atoms with Gasteiger partial charge in [-0.15, -0.1) is 0 Å². The number of hydrogen-bond acceptors (Lipinski definition) is 2. The van der Waals surface area contributed by atoms with Gasteiger partial charge in [0.05, 0.1) is 0 Å². The van der Waals surface area contributed by atoms with Crippen LogP contribution in [-0.4, -0.2) is 38.1 Å². The third kappa shape index (κ3) is 2.76. The SMILES string of the molecule is CCCC1CC(NC)CN(C)C1. The molecule has 0 aromatic carbocycles. The third-order valence-corrected chi connectivity index (χ3v) is 2.82. The van der Waals surface area contributed by atoms with E-state index in [4.69, 9.17) is 0 Å². The van der Waals surface area contributed by atoms with Gasteiger partial charge in [-0.05, 0) is 32.9 Å². The van der Waals surface area contributed by atoms with Crippen molar-refractivity contribution in [1.29, 1.82) is 0 Å². The molecule has 1 rings (SSSR count). The molecule has 0 spiro atoms. The summed E-state index contributed by atoms with van der Waals surface area (Å²) in [5.74, 6) is 0.922. The second-order valence-electron chi connectivity index (χ2n) is 4.10. The Labute approximate surface area is 76.3 Å². The minimum Gasteiger partial charge on any atom is -0.316 e.